The van der Waals surface area contributed by atoms with Crippen LogP contribution in [0.4, 0.5) is 4.39 Å². The molecule has 2 rings (SSSR count). The minimum atomic E-state index is -0.364. The second kappa shape index (κ2) is 5.48. The smallest absolute Gasteiger partial charge is 0.123 e. The molecule has 2 aromatic rings. The second-order valence-electron chi connectivity index (χ2n) is 3.77. The summed E-state index contributed by atoms with van der Waals surface area (Å²) in [6.45, 7) is 0. The first-order chi connectivity index (χ1) is 8.54. The van der Waals surface area contributed by atoms with Gasteiger partial charge in [0.1, 0.15) is 5.82 Å². The summed E-state index contributed by atoms with van der Waals surface area (Å²) in [7, 11) is 1.80. The second-order valence-corrected chi connectivity index (χ2v) is 5.48. The van der Waals surface area contributed by atoms with Crippen LogP contribution in [0.3, 0.4) is 0 Å². The fraction of sp³-hybridized carbons (Fsp3) is 0.182. The molecule has 3 N–H and O–H groups in total. The van der Waals surface area contributed by atoms with Crippen molar-refractivity contribution in [2.45, 2.75) is 6.04 Å². The standard InChI is InChI=1S/C11H11Br2FN4/c1-18-11(9(13)5-16-18)10(17-15)7-4-6(14)2-3-8(7)12/h2-5,10,17H,15H2,1H3. The van der Waals surface area contributed by atoms with Gasteiger partial charge in [0, 0.05) is 11.5 Å². The Hall–Kier alpha value is -0.760. The summed E-state index contributed by atoms with van der Waals surface area (Å²) in [5.74, 6) is 5.28. The van der Waals surface area contributed by atoms with E-state index < -0.39 is 0 Å². The van der Waals surface area contributed by atoms with Gasteiger partial charge in [-0.05, 0) is 39.7 Å². The Kier molecular flexibility index (Phi) is 4.16. The van der Waals surface area contributed by atoms with Crippen LogP contribution in [-0.4, -0.2) is 9.78 Å². The summed E-state index contributed by atoms with van der Waals surface area (Å²) in [6.07, 6.45) is 1.67. The molecule has 1 unspecified atom stereocenters. The van der Waals surface area contributed by atoms with E-state index in [2.05, 4.69) is 42.4 Å². The van der Waals surface area contributed by atoms with E-state index in [9.17, 15) is 4.39 Å². The number of hydrazine groups is 1. The van der Waals surface area contributed by atoms with E-state index in [1.54, 1.807) is 24.0 Å². The highest BCUT2D eigenvalue weighted by molar-refractivity contribution is 9.10. The number of hydrogen-bond donors (Lipinski definition) is 2. The first-order valence-corrected chi connectivity index (χ1v) is 6.71. The van der Waals surface area contributed by atoms with Crippen molar-refractivity contribution in [1.82, 2.24) is 15.2 Å². The summed E-state index contributed by atoms with van der Waals surface area (Å²) in [4.78, 5) is 0. The van der Waals surface area contributed by atoms with E-state index in [4.69, 9.17) is 5.84 Å². The van der Waals surface area contributed by atoms with Crippen molar-refractivity contribution in [2.24, 2.45) is 12.9 Å². The van der Waals surface area contributed by atoms with Crippen molar-refractivity contribution in [1.29, 1.82) is 0 Å². The molecule has 0 fully saturated rings. The molecule has 0 bridgehead atoms. The van der Waals surface area contributed by atoms with Crippen molar-refractivity contribution < 1.29 is 4.39 Å². The van der Waals surface area contributed by atoms with Gasteiger partial charge in [-0.15, -0.1) is 0 Å². The largest absolute Gasteiger partial charge is 0.271 e. The summed E-state index contributed by atoms with van der Waals surface area (Å²) >= 11 is 6.81. The minimum Gasteiger partial charge on any atom is -0.271 e. The van der Waals surface area contributed by atoms with Gasteiger partial charge in [0.2, 0.25) is 0 Å². The third kappa shape index (κ3) is 2.49. The maximum atomic E-state index is 13.4. The van der Waals surface area contributed by atoms with E-state index in [-0.39, 0.29) is 11.9 Å². The van der Waals surface area contributed by atoms with Crippen LogP contribution in [0.2, 0.25) is 0 Å². The van der Waals surface area contributed by atoms with Crippen LogP contribution in [-0.2, 0) is 7.05 Å². The maximum absolute atomic E-state index is 13.4. The van der Waals surface area contributed by atoms with Gasteiger partial charge in [-0.1, -0.05) is 15.9 Å². The lowest BCUT2D eigenvalue weighted by Crippen LogP contribution is -2.31. The maximum Gasteiger partial charge on any atom is 0.123 e. The van der Waals surface area contributed by atoms with Gasteiger partial charge in [-0.3, -0.25) is 10.5 Å². The molecule has 0 saturated carbocycles. The third-order valence-electron chi connectivity index (χ3n) is 2.65. The monoisotopic (exact) mass is 376 g/mol. The van der Waals surface area contributed by atoms with Gasteiger partial charge >= 0.3 is 0 Å². The Bertz CT molecular complexity index is 551. The lowest BCUT2D eigenvalue weighted by atomic mass is 10.0. The molecule has 0 aliphatic rings. The van der Waals surface area contributed by atoms with Crippen LogP contribution in [0.15, 0.2) is 33.3 Å². The van der Waals surface area contributed by atoms with E-state index in [0.29, 0.717) is 5.56 Å². The van der Waals surface area contributed by atoms with E-state index in [0.717, 1.165) is 14.6 Å². The number of aryl methyl sites for hydroxylation is 1. The summed E-state index contributed by atoms with van der Waals surface area (Å²) in [5, 5.41) is 4.13. The summed E-state index contributed by atoms with van der Waals surface area (Å²) in [5.41, 5.74) is 4.22. The topological polar surface area (TPSA) is 55.9 Å². The summed E-state index contributed by atoms with van der Waals surface area (Å²) in [6, 6.07) is 4.12. The Morgan fingerprint density at radius 3 is 2.67 bits per heavy atom. The molecule has 0 aliphatic carbocycles. The number of aromatic nitrogens is 2. The predicted molar refractivity (Wildman–Crippen MR) is 74.2 cm³/mol. The Balaban J connectivity index is 2.55. The Morgan fingerprint density at radius 1 is 1.39 bits per heavy atom. The minimum absolute atomic E-state index is 0.313. The highest BCUT2D eigenvalue weighted by atomic mass is 79.9. The zero-order valence-corrected chi connectivity index (χ0v) is 12.7. The Labute approximate surface area is 121 Å². The van der Waals surface area contributed by atoms with E-state index >= 15 is 0 Å². The van der Waals surface area contributed by atoms with Crippen molar-refractivity contribution >= 4 is 31.9 Å². The van der Waals surface area contributed by atoms with E-state index in [1.807, 2.05) is 0 Å². The van der Waals surface area contributed by atoms with Crippen molar-refractivity contribution in [3.63, 3.8) is 0 Å². The lowest BCUT2D eigenvalue weighted by Gasteiger charge is -2.19. The van der Waals surface area contributed by atoms with Gasteiger partial charge in [0.15, 0.2) is 0 Å². The molecule has 96 valence electrons. The zero-order chi connectivity index (χ0) is 13.3. The van der Waals surface area contributed by atoms with Crippen LogP contribution >= 0.6 is 31.9 Å². The normalized spacial score (nSPS) is 12.7. The molecule has 4 nitrogen and oxygen atoms in total. The average molecular weight is 378 g/mol. The molecule has 0 radical (unpaired) electrons. The predicted octanol–water partition coefficient (Wildman–Crippen LogP) is 2.64. The van der Waals surface area contributed by atoms with Crippen LogP contribution in [0.1, 0.15) is 17.3 Å². The number of benzene rings is 1. The molecule has 0 aliphatic heterocycles. The van der Waals surface area contributed by atoms with Gasteiger partial charge in [-0.25, -0.2) is 9.82 Å². The molecule has 0 spiro atoms. The van der Waals surface area contributed by atoms with Crippen molar-refractivity contribution in [2.75, 3.05) is 0 Å². The molecule has 0 amide bonds. The molecular formula is C11H11Br2FN4. The first kappa shape index (κ1) is 13.7. The average Bonchev–Trinajstić information content (AvgIpc) is 2.66. The van der Waals surface area contributed by atoms with Crippen LogP contribution in [0.5, 0.6) is 0 Å². The molecule has 1 atom stereocenters. The number of rotatable bonds is 3. The zero-order valence-electron chi connectivity index (χ0n) is 9.49. The van der Waals surface area contributed by atoms with Gasteiger partial charge in [-0.2, -0.15) is 5.10 Å². The van der Waals surface area contributed by atoms with Crippen LogP contribution in [0, 0.1) is 5.82 Å². The van der Waals surface area contributed by atoms with Crippen molar-refractivity contribution in [3.05, 3.63) is 50.4 Å². The number of nitrogens with zero attached hydrogens (tertiary/aromatic N) is 2. The third-order valence-corrected chi connectivity index (χ3v) is 3.98. The van der Waals surface area contributed by atoms with Gasteiger partial charge in [0.25, 0.3) is 0 Å². The number of nitrogens with one attached hydrogen (secondary N) is 1. The molecule has 1 heterocycles. The van der Waals surface area contributed by atoms with E-state index in [1.165, 1.54) is 12.1 Å². The number of nitrogens with two attached hydrogens (primary N) is 1. The molecule has 7 heteroatoms. The quantitative estimate of drug-likeness (QED) is 0.638. The highest BCUT2D eigenvalue weighted by Crippen LogP contribution is 2.32. The van der Waals surface area contributed by atoms with Crippen LogP contribution < -0.4 is 11.3 Å². The number of hydrogen-bond acceptors (Lipinski definition) is 3. The molecule has 1 aromatic carbocycles. The SMILES string of the molecule is Cn1ncc(Br)c1C(NN)c1cc(F)ccc1Br. The molecule has 1 aromatic heterocycles. The molecule has 0 saturated heterocycles. The fourth-order valence-electron chi connectivity index (χ4n) is 1.80. The van der Waals surface area contributed by atoms with Crippen LogP contribution in [0.25, 0.3) is 0 Å². The van der Waals surface area contributed by atoms with Crippen molar-refractivity contribution in [3.8, 4) is 0 Å². The highest BCUT2D eigenvalue weighted by Gasteiger charge is 2.22. The first-order valence-electron chi connectivity index (χ1n) is 5.13. The van der Waals surface area contributed by atoms with Gasteiger partial charge in [0.05, 0.1) is 22.4 Å². The fourth-order valence-corrected chi connectivity index (χ4v) is 2.85. The Morgan fingerprint density at radius 2 is 2.11 bits per heavy atom. The molecular weight excluding hydrogens is 367 g/mol. The van der Waals surface area contributed by atoms with Gasteiger partial charge < -0.3 is 0 Å². The lowest BCUT2D eigenvalue weighted by molar-refractivity contribution is 0.563. The number of halogens is 3. The molecule has 18 heavy (non-hydrogen) atoms. The summed E-state index contributed by atoms with van der Waals surface area (Å²) < 4.78 is 16.6.